The van der Waals surface area contributed by atoms with Crippen molar-refractivity contribution in [3.8, 4) is 11.5 Å². The molecule has 2 heterocycles. The molecule has 1 aliphatic carbocycles. The highest BCUT2D eigenvalue weighted by molar-refractivity contribution is 7.92. The lowest BCUT2D eigenvalue weighted by Gasteiger charge is -2.46. The third-order valence-corrected chi connectivity index (χ3v) is 10.1. The molecular weight excluding hydrogens is 592 g/mol. The third kappa shape index (κ3) is 8.77. The number of ether oxygens (including phenoxy) is 1. The molecule has 3 aliphatic rings. The number of nitrogens with zero attached hydrogens (tertiary/aromatic N) is 2. The summed E-state index contributed by atoms with van der Waals surface area (Å²) >= 11 is 0. The van der Waals surface area contributed by atoms with E-state index in [-0.39, 0.29) is 23.7 Å². The number of rotatable bonds is 12. The zero-order valence-corrected chi connectivity index (χ0v) is 27.3. The Morgan fingerprint density at radius 2 is 1.58 bits per heavy atom. The Balaban J connectivity index is 1.14. The molecule has 2 amide bonds. The number of piperidine rings is 1. The smallest absolute Gasteiger partial charge is 0.248 e. The molecule has 2 aromatic rings. The molecule has 246 valence electrons. The minimum absolute atomic E-state index is 0.0688. The van der Waals surface area contributed by atoms with Crippen LogP contribution < -0.4 is 14.8 Å². The number of anilines is 1. The average molecular weight is 641 g/mol. The first kappa shape index (κ1) is 33.2. The van der Waals surface area contributed by atoms with Crippen LogP contribution in [-0.2, 0) is 26.2 Å². The summed E-state index contributed by atoms with van der Waals surface area (Å²) in [5.41, 5.74) is 1.63. The van der Waals surface area contributed by atoms with E-state index in [0.29, 0.717) is 23.7 Å². The Morgan fingerprint density at radius 3 is 2.18 bits per heavy atom. The lowest BCUT2D eigenvalue weighted by Crippen LogP contribution is -2.69. The van der Waals surface area contributed by atoms with Crippen molar-refractivity contribution in [3.63, 3.8) is 0 Å². The van der Waals surface area contributed by atoms with Crippen molar-refractivity contribution >= 4 is 27.5 Å². The van der Waals surface area contributed by atoms with Gasteiger partial charge in [-0.25, -0.2) is 8.42 Å². The standard InChI is InChI=1S/C34H48N4O6S/c1-3-4-20-38-31(33(40)35-30(34(38)41)32(39)26-8-6-5-7-9-26)25-18-21-37(22-19-25)23-24-10-14-28(15-11-24)44-29-16-12-27(13-17-29)36-45(2,42)43/h10-17,25-26,30-32,36,39H,3-9,18-23H2,1-2H3,(H,35,40)/t30-,31-,32-/m1/s1. The number of hydrogen-bond acceptors (Lipinski definition) is 7. The molecule has 11 heteroatoms. The molecule has 0 radical (unpaired) electrons. The summed E-state index contributed by atoms with van der Waals surface area (Å²) in [5, 5.41) is 14.1. The van der Waals surface area contributed by atoms with Crippen LogP contribution in [0.4, 0.5) is 5.69 Å². The average Bonchev–Trinajstić information content (AvgIpc) is 3.03. The van der Waals surface area contributed by atoms with Gasteiger partial charge in [0.05, 0.1) is 12.4 Å². The van der Waals surface area contributed by atoms with E-state index in [2.05, 4.69) is 21.9 Å². The monoisotopic (exact) mass is 640 g/mol. The number of amides is 2. The SMILES string of the molecule is CCCCN1C(=O)[C@@H]([C@H](O)C2CCCCC2)NC(=O)[C@H]1C1CCN(Cc2ccc(Oc3ccc(NS(C)(=O)=O)cc3)cc2)CC1. The Kier molecular flexibility index (Phi) is 11.0. The zero-order chi connectivity index (χ0) is 32.0. The van der Waals surface area contributed by atoms with Gasteiger partial charge in [-0.15, -0.1) is 0 Å². The Morgan fingerprint density at radius 1 is 0.956 bits per heavy atom. The summed E-state index contributed by atoms with van der Waals surface area (Å²) in [5.74, 6) is 1.23. The molecule has 0 aromatic heterocycles. The van der Waals surface area contributed by atoms with Crippen LogP contribution in [0.25, 0.3) is 0 Å². The number of piperazine rings is 1. The number of carbonyl (C=O) groups excluding carboxylic acids is 2. The fourth-order valence-corrected chi connectivity index (χ4v) is 7.64. The third-order valence-electron chi connectivity index (χ3n) is 9.48. The Bertz CT molecular complexity index is 1390. The minimum atomic E-state index is -3.33. The number of sulfonamides is 1. The van der Waals surface area contributed by atoms with Crippen LogP contribution in [-0.4, -0.2) is 79.2 Å². The first-order chi connectivity index (χ1) is 21.6. The van der Waals surface area contributed by atoms with Crippen LogP contribution in [0, 0.1) is 11.8 Å². The summed E-state index contributed by atoms with van der Waals surface area (Å²) < 4.78 is 31.2. The van der Waals surface area contributed by atoms with Gasteiger partial charge in [0.2, 0.25) is 21.8 Å². The van der Waals surface area contributed by atoms with Gasteiger partial charge >= 0.3 is 0 Å². The van der Waals surface area contributed by atoms with E-state index >= 15 is 0 Å². The van der Waals surface area contributed by atoms with E-state index in [9.17, 15) is 23.1 Å². The Hall–Kier alpha value is -3.15. The van der Waals surface area contributed by atoms with E-state index < -0.39 is 28.2 Å². The van der Waals surface area contributed by atoms with Crippen LogP contribution in [0.15, 0.2) is 48.5 Å². The molecule has 1 saturated carbocycles. The van der Waals surface area contributed by atoms with Gasteiger partial charge in [-0.05, 0) is 99.0 Å². The number of aliphatic hydroxyl groups excluding tert-OH is 1. The molecule has 0 unspecified atom stereocenters. The van der Waals surface area contributed by atoms with Crippen molar-refractivity contribution in [1.82, 2.24) is 15.1 Å². The highest BCUT2D eigenvalue weighted by atomic mass is 32.2. The van der Waals surface area contributed by atoms with E-state index in [0.717, 1.165) is 82.8 Å². The topological polar surface area (TPSA) is 128 Å². The maximum absolute atomic E-state index is 13.7. The Labute approximate surface area is 267 Å². The van der Waals surface area contributed by atoms with Crippen molar-refractivity contribution < 1.29 is 27.9 Å². The number of hydrogen-bond donors (Lipinski definition) is 3. The fraction of sp³-hybridized carbons (Fsp3) is 0.588. The van der Waals surface area contributed by atoms with Crippen LogP contribution in [0.1, 0.15) is 70.3 Å². The van der Waals surface area contributed by atoms with Crippen molar-refractivity contribution in [2.45, 2.75) is 89.4 Å². The van der Waals surface area contributed by atoms with E-state index in [1.54, 1.807) is 29.2 Å². The predicted octanol–water partition coefficient (Wildman–Crippen LogP) is 4.50. The second-order valence-corrected chi connectivity index (χ2v) is 14.7. The van der Waals surface area contributed by atoms with E-state index in [1.165, 1.54) is 6.42 Å². The van der Waals surface area contributed by atoms with Crippen LogP contribution in [0.3, 0.4) is 0 Å². The van der Waals surface area contributed by atoms with Gasteiger partial charge in [-0.1, -0.05) is 44.7 Å². The molecule has 45 heavy (non-hydrogen) atoms. The normalized spacial score (nSPS) is 23.0. The van der Waals surface area contributed by atoms with Crippen molar-refractivity contribution in [1.29, 1.82) is 0 Å². The largest absolute Gasteiger partial charge is 0.457 e. The van der Waals surface area contributed by atoms with Crippen LogP contribution >= 0.6 is 0 Å². The molecule has 3 atom stereocenters. The summed E-state index contributed by atoms with van der Waals surface area (Å²) in [6.45, 7) is 5.10. The molecule has 3 fully saturated rings. The minimum Gasteiger partial charge on any atom is -0.457 e. The first-order valence-electron chi connectivity index (χ1n) is 16.5. The van der Waals surface area contributed by atoms with Crippen molar-refractivity contribution in [2.24, 2.45) is 11.8 Å². The van der Waals surface area contributed by atoms with Gasteiger partial charge in [-0.3, -0.25) is 19.2 Å². The number of carbonyl (C=O) groups is 2. The quantitative estimate of drug-likeness (QED) is 0.312. The van der Waals surface area contributed by atoms with Gasteiger partial charge in [0.1, 0.15) is 23.6 Å². The summed E-state index contributed by atoms with van der Waals surface area (Å²) in [6.07, 6.45) is 8.85. The summed E-state index contributed by atoms with van der Waals surface area (Å²) in [7, 11) is -3.33. The number of likely N-dealkylation sites (tertiary alicyclic amines) is 1. The van der Waals surface area contributed by atoms with Gasteiger partial charge in [-0.2, -0.15) is 0 Å². The predicted molar refractivity (Wildman–Crippen MR) is 174 cm³/mol. The number of nitrogens with one attached hydrogen (secondary N) is 2. The van der Waals surface area contributed by atoms with Gasteiger partial charge < -0.3 is 20.1 Å². The molecule has 2 saturated heterocycles. The van der Waals surface area contributed by atoms with Crippen molar-refractivity contribution in [3.05, 3.63) is 54.1 Å². The second-order valence-electron chi connectivity index (χ2n) is 13.0. The molecular formula is C34H48N4O6S. The second kappa shape index (κ2) is 15.0. The molecule has 10 nitrogen and oxygen atoms in total. The molecule has 2 aliphatic heterocycles. The molecule has 0 bridgehead atoms. The lowest BCUT2D eigenvalue weighted by atomic mass is 9.80. The highest BCUT2D eigenvalue weighted by Gasteiger charge is 2.48. The summed E-state index contributed by atoms with van der Waals surface area (Å²) in [6, 6.07) is 13.4. The van der Waals surface area contributed by atoms with E-state index in [1.807, 2.05) is 24.3 Å². The van der Waals surface area contributed by atoms with E-state index in [4.69, 9.17) is 4.74 Å². The maximum atomic E-state index is 13.7. The number of aliphatic hydroxyl groups is 1. The zero-order valence-electron chi connectivity index (χ0n) is 26.5. The fourth-order valence-electron chi connectivity index (χ4n) is 7.07. The molecule has 3 N–H and O–H groups in total. The number of benzene rings is 2. The highest BCUT2D eigenvalue weighted by Crippen LogP contribution is 2.33. The lowest BCUT2D eigenvalue weighted by molar-refractivity contribution is -0.157. The summed E-state index contributed by atoms with van der Waals surface area (Å²) in [4.78, 5) is 31.5. The van der Waals surface area contributed by atoms with Gasteiger partial charge in [0, 0.05) is 18.8 Å². The van der Waals surface area contributed by atoms with Crippen LogP contribution in [0.5, 0.6) is 11.5 Å². The number of unbranched alkanes of at least 4 members (excludes halogenated alkanes) is 1. The maximum Gasteiger partial charge on any atom is 0.248 e. The van der Waals surface area contributed by atoms with Gasteiger partial charge in [0.15, 0.2) is 0 Å². The first-order valence-corrected chi connectivity index (χ1v) is 18.4. The molecule has 0 spiro atoms. The van der Waals surface area contributed by atoms with Crippen LogP contribution in [0.2, 0.25) is 0 Å². The van der Waals surface area contributed by atoms with Gasteiger partial charge in [0.25, 0.3) is 0 Å². The molecule has 5 rings (SSSR count). The van der Waals surface area contributed by atoms with Crippen molar-refractivity contribution in [2.75, 3.05) is 30.6 Å². The molecule has 2 aromatic carbocycles.